The Morgan fingerprint density at radius 2 is 1.75 bits per heavy atom. The fraction of sp³-hybridized carbons (Fsp3) is 0.0690. The number of benzene rings is 4. The van der Waals surface area contributed by atoms with E-state index in [1.807, 2.05) is 91.9 Å². The summed E-state index contributed by atoms with van der Waals surface area (Å²) in [6.45, 7) is 1.87. The second kappa shape index (κ2) is 10.4. The van der Waals surface area contributed by atoms with Gasteiger partial charge < -0.3 is 10.1 Å². The zero-order chi connectivity index (χ0) is 25.1. The molecule has 4 aromatic carbocycles. The number of nitrogens with one attached hydrogen (secondary N) is 1. The lowest BCUT2D eigenvalue weighted by atomic mass is 10.1. The molecule has 0 bridgehead atoms. The Kier molecular flexibility index (Phi) is 6.84. The van der Waals surface area contributed by atoms with Crippen LogP contribution in [0.3, 0.4) is 0 Å². The summed E-state index contributed by atoms with van der Waals surface area (Å²) in [5.74, 6) is 0.186. The van der Waals surface area contributed by atoms with Crippen LogP contribution in [0, 0.1) is 6.92 Å². The van der Waals surface area contributed by atoms with Crippen LogP contribution in [0.4, 0.5) is 11.4 Å². The standard InChI is InChI=1S/C29H22N2O3S2/c1-19-6-4-9-22(16-19)30-27(32)18-34-23-14-12-20(13-15-23)17-26-28(33)31(29(35)36-26)25-11-5-8-21-7-2-3-10-24(21)25/h2-17H,18H2,1H3,(H,30,32)/b26-17-. The van der Waals surface area contributed by atoms with Gasteiger partial charge in [0.1, 0.15) is 5.75 Å². The van der Waals surface area contributed by atoms with E-state index in [0.29, 0.717) is 15.0 Å². The Labute approximate surface area is 218 Å². The molecule has 0 saturated carbocycles. The van der Waals surface area contributed by atoms with Gasteiger partial charge in [0.15, 0.2) is 10.9 Å². The van der Waals surface area contributed by atoms with Gasteiger partial charge in [0.25, 0.3) is 11.8 Å². The second-order valence-corrected chi connectivity index (χ2v) is 9.97. The molecule has 1 saturated heterocycles. The molecule has 0 aromatic heterocycles. The molecule has 1 fully saturated rings. The maximum atomic E-state index is 13.3. The number of nitrogens with zero attached hydrogens (tertiary/aromatic N) is 1. The SMILES string of the molecule is Cc1cccc(NC(=O)COc2ccc(/C=C3\SC(=S)N(c4cccc5ccccc45)C3=O)cc2)c1. The molecular formula is C29H22N2O3S2. The topological polar surface area (TPSA) is 58.6 Å². The first-order chi connectivity index (χ1) is 17.5. The van der Waals surface area contributed by atoms with Gasteiger partial charge in [-0.05, 0) is 59.8 Å². The van der Waals surface area contributed by atoms with Crippen LogP contribution in [-0.2, 0) is 9.59 Å². The van der Waals surface area contributed by atoms with Gasteiger partial charge in [0.05, 0.1) is 10.6 Å². The molecule has 4 aromatic rings. The molecule has 1 aliphatic rings. The number of thioether (sulfide) groups is 1. The number of ether oxygens (including phenoxy) is 1. The lowest BCUT2D eigenvalue weighted by Gasteiger charge is -2.17. The van der Waals surface area contributed by atoms with E-state index in [2.05, 4.69) is 5.32 Å². The van der Waals surface area contributed by atoms with E-state index in [1.54, 1.807) is 17.0 Å². The summed E-state index contributed by atoms with van der Waals surface area (Å²) < 4.78 is 6.12. The molecule has 1 aliphatic heterocycles. The van der Waals surface area contributed by atoms with Crippen LogP contribution in [0.15, 0.2) is 95.9 Å². The zero-order valence-corrected chi connectivity index (χ0v) is 21.1. The number of thiocarbonyl (C=S) groups is 1. The molecule has 1 N–H and O–H groups in total. The molecule has 178 valence electrons. The highest BCUT2D eigenvalue weighted by atomic mass is 32.2. The molecular weight excluding hydrogens is 488 g/mol. The summed E-state index contributed by atoms with van der Waals surface area (Å²) in [5, 5.41) is 4.85. The van der Waals surface area contributed by atoms with Gasteiger partial charge in [-0.15, -0.1) is 0 Å². The second-order valence-electron chi connectivity index (χ2n) is 8.29. The van der Waals surface area contributed by atoms with Gasteiger partial charge in [-0.2, -0.15) is 0 Å². The summed E-state index contributed by atoms with van der Waals surface area (Å²) in [7, 11) is 0. The van der Waals surface area contributed by atoms with Crippen LogP contribution in [0.2, 0.25) is 0 Å². The summed E-state index contributed by atoms with van der Waals surface area (Å²) in [4.78, 5) is 27.6. The first-order valence-electron chi connectivity index (χ1n) is 11.3. The number of carbonyl (C=O) groups is 2. The van der Waals surface area contributed by atoms with Crippen molar-refractivity contribution in [1.82, 2.24) is 0 Å². The average molecular weight is 511 g/mol. The van der Waals surface area contributed by atoms with Crippen LogP contribution >= 0.6 is 24.0 Å². The van der Waals surface area contributed by atoms with Crippen molar-refractivity contribution in [2.75, 3.05) is 16.8 Å². The van der Waals surface area contributed by atoms with Crippen molar-refractivity contribution >= 4 is 68.3 Å². The number of fused-ring (bicyclic) bond motifs is 1. The van der Waals surface area contributed by atoms with Crippen molar-refractivity contribution in [3.05, 3.63) is 107 Å². The molecule has 0 spiro atoms. The molecule has 36 heavy (non-hydrogen) atoms. The minimum atomic E-state index is -0.234. The zero-order valence-electron chi connectivity index (χ0n) is 19.4. The van der Waals surface area contributed by atoms with Crippen LogP contribution in [0.5, 0.6) is 5.75 Å². The molecule has 1 heterocycles. The van der Waals surface area contributed by atoms with E-state index in [1.165, 1.54) is 11.8 Å². The Balaban J connectivity index is 1.25. The van der Waals surface area contributed by atoms with Crippen molar-refractivity contribution in [2.24, 2.45) is 0 Å². The van der Waals surface area contributed by atoms with Crippen molar-refractivity contribution in [3.8, 4) is 5.75 Å². The first-order valence-corrected chi connectivity index (χ1v) is 12.6. The number of hydrogen-bond acceptors (Lipinski definition) is 5. The highest BCUT2D eigenvalue weighted by Gasteiger charge is 2.34. The predicted molar refractivity (Wildman–Crippen MR) is 151 cm³/mol. The third-order valence-electron chi connectivity index (χ3n) is 5.65. The third kappa shape index (κ3) is 5.17. The lowest BCUT2D eigenvalue weighted by molar-refractivity contribution is -0.118. The van der Waals surface area contributed by atoms with Gasteiger partial charge in [-0.3, -0.25) is 14.5 Å². The van der Waals surface area contributed by atoms with E-state index < -0.39 is 0 Å². The van der Waals surface area contributed by atoms with Crippen LogP contribution in [-0.4, -0.2) is 22.7 Å². The highest BCUT2D eigenvalue weighted by Crippen LogP contribution is 2.39. The van der Waals surface area contributed by atoms with Gasteiger partial charge >= 0.3 is 0 Å². The van der Waals surface area contributed by atoms with Crippen LogP contribution in [0.1, 0.15) is 11.1 Å². The smallest absolute Gasteiger partial charge is 0.270 e. The summed E-state index contributed by atoms with van der Waals surface area (Å²) in [6.07, 6.45) is 1.82. The summed E-state index contributed by atoms with van der Waals surface area (Å²) in [5.41, 5.74) is 3.43. The van der Waals surface area contributed by atoms with Gasteiger partial charge in [0.2, 0.25) is 0 Å². The molecule has 0 unspecified atom stereocenters. The molecule has 2 amide bonds. The quantitative estimate of drug-likeness (QED) is 0.235. The maximum absolute atomic E-state index is 13.3. The van der Waals surface area contributed by atoms with E-state index in [0.717, 1.165) is 33.3 Å². The number of rotatable bonds is 6. The van der Waals surface area contributed by atoms with E-state index >= 15 is 0 Å². The van der Waals surface area contributed by atoms with Crippen LogP contribution < -0.4 is 15.0 Å². The molecule has 5 rings (SSSR count). The fourth-order valence-corrected chi connectivity index (χ4v) is 5.24. The van der Waals surface area contributed by atoms with E-state index in [4.69, 9.17) is 17.0 Å². The number of amides is 2. The van der Waals surface area contributed by atoms with E-state index in [9.17, 15) is 9.59 Å². The Morgan fingerprint density at radius 1 is 1.00 bits per heavy atom. The Hall–Kier alpha value is -3.94. The van der Waals surface area contributed by atoms with Crippen molar-refractivity contribution in [1.29, 1.82) is 0 Å². The monoisotopic (exact) mass is 510 g/mol. The van der Waals surface area contributed by atoms with Gasteiger partial charge in [-0.25, -0.2) is 0 Å². The number of hydrogen-bond donors (Lipinski definition) is 1. The molecule has 0 atom stereocenters. The van der Waals surface area contributed by atoms with Crippen molar-refractivity contribution < 1.29 is 14.3 Å². The normalized spacial score (nSPS) is 14.5. The highest BCUT2D eigenvalue weighted by molar-refractivity contribution is 8.27. The molecule has 0 radical (unpaired) electrons. The van der Waals surface area contributed by atoms with Crippen molar-refractivity contribution in [3.63, 3.8) is 0 Å². The number of aryl methyl sites for hydroxylation is 1. The molecule has 0 aliphatic carbocycles. The third-order valence-corrected chi connectivity index (χ3v) is 6.95. The first kappa shape index (κ1) is 23.8. The minimum Gasteiger partial charge on any atom is -0.484 e. The maximum Gasteiger partial charge on any atom is 0.270 e. The lowest BCUT2D eigenvalue weighted by Crippen LogP contribution is -2.27. The fourth-order valence-electron chi connectivity index (χ4n) is 3.96. The van der Waals surface area contributed by atoms with E-state index in [-0.39, 0.29) is 18.4 Å². The largest absolute Gasteiger partial charge is 0.484 e. The minimum absolute atomic E-state index is 0.100. The van der Waals surface area contributed by atoms with Gasteiger partial charge in [-0.1, -0.05) is 84.6 Å². The Bertz CT molecular complexity index is 1510. The summed E-state index contributed by atoms with van der Waals surface area (Å²) in [6, 6.07) is 28.6. The number of anilines is 2. The molecule has 5 nitrogen and oxygen atoms in total. The predicted octanol–water partition coefficient (Wildman–Crippen LogP) is 6.57. The molecule has 7 heteroatoms. The van der Waals surface area contributed by atoms with Crippen molar-refractivity contribution in [2.45, 2.75) is 6.92 Å². The Morgan fingerprint density at radius 3 is 2.56 bits per heavy atom. The number of carbonyl (C=O) groups excluding carboxylic acids is 2. The summed E-state index contributed by atoms with van der Waals surface area (Å²) >= 11 is 6.84. The average Bonchev–Trinajstić information content (AvgIpc) is 3.15. The van der Waals surface area contributed by atoms with Gasteiger partial charge in [0, 0.05) is 11.1 Å². The van der Waals surface area contributed by atoms with Crippen LogP contribution in [0.25, 0.3) is 16.8 Å².